The van der Waals surface area contributed by atoms with Crippen LogP contribution in [-0.4, -0.2) is 35.5 Å². The van der Waals surface area contributed by atoms with Crippen LogP contribution in [0.5, 0.6) is 0 Å². The fourth-order valence-electron chi connectivity index (χ4n) is 1.99. The third kappa shape index (κ3) is 2.94. The Labute approximate surface area is 93.2 Å². The quantitative estimate of drug-likeness (QED) is 0.756. The van der Waals surface area contributed by atoms with Crippen molar-refractivity contribution in [2.45, 2.75) is 58.5 Å². The van der Waals surface area contributed by atoms with Gasteiger partial charge < -0.3 is 10.2 Å². The van der Waals surface area contributed by atoms with Crippen molar-refractivity contribution in [3.63, 3.8) is 0 Å². The van der Waals surface area contributed by atoms with Gasteiger partial charge >= 0.3 is 0 Å². The fraction of sp³-hybridized carbons (Fsp3) is 0.917. The molecule has 1 N–H and O–H groups in total. The van der Waals surface area contributed by atoms with Gasteiger partial charge in [-0.15, -0.1) is 0 Å². The summed E-state index contributed by atoms with van der Waals surface area (Å²) in [5.41, 5.74) is -0.399. The number of amides is 1. The van der Waals surface area contributed by atoms with Crippen LogP contribution in [0, 0.1) is 0 Å². The number of hydrogen-bond donors (Lipinski definition) is 1. The molecule has 0 spiro atoms. The molecule has 1 heterocycles. The molecule has 1 aliphatic rings. The first-order chi connectivity index (χ1) is 6.99. The Hall–Kier alpha value is -0.570. The van der Waals surface area contributed by atoms with Crippen LogP contribution in [0.3, 0.4) is 0 Å². The molecule has 1 saturated heterocycles. The maximum absolute atomic E-state index is 12.3. The molecule has 0 aromatic heterocycles. The SMILES string of the molecule is CCC(C)N1CCCCNC(C)(C)C1=O. The molecular formula is C12H24N2O. The summed E-state index contributed by atoms with van der Waals surface area (Å²) in [6.45, 7) is 10.1. The zero-order valence-corrected chi connectivity index (χ0v) is 10.5. The Morgan fingerprint density at radius 2 is 2.13 bits per heavy atom. The van der Waals surface area contributed by atoms with Crippen LogP contribution in [-0.2, 0) is 4.79 Å². The third-order valence-electron chi connectivity index (χ3n) is 3.31. The molecule has 1 amide bonds. The lowest BCUT2D eigenvalue weighted by molar-refractivity contribution is -0.140. The van der Waals surface area contributed by atoms with Crippen LogP contribution < -0.4 is 5.32 Å². The molecule has 0 bridgehead atoms. The van der Waals surface area contributed by atoms with E-state index in [9.17, 15) is 4.79 Å². The first-order valence-corrected chi connectivity index (χ1v) is 6.05. The van der Waals surface area contributed by atoms with Crippen molar-refractivity contribution in [2.24, 2.45) is 0 Å². The molecule has 0 aliphatic carbocycles. The van der Waals surface area contributed by atoms with Gasteiger partial charge in [0.25, 0.3) is 0 Å². The van der Waals surface area contributed by atoms with Gasteiger partial charge in [-0.05, 0) is 46.6 Å². The highest BCUT2D eigenvalue weighted by Crippen LogP contribution is 2.16. The van der Waals surface area contributed by atoms with Crippen LogP contribution in [0.15, 0.2) is 0 Å². The summed E-state index contributed by atoms with van der Waals surface area (Å²) >= 11 is 0. The molecule has 0 aromatic rings. The summed E-state index contributed by atoms with van der Waals surface area (Å²) in [5, 5.41) is 3.33. The Balaban J connectivity index is 2.78. The lowest BCUT2D eigenvalue weighted by atomic mass is 9.99. The molecule has 88 valence electrons. The molecule has 0 aromatic carbocycles. The number of rotatable bonds is 2. The molecular weight excluding hydrogens is 188 g/mol. The minimum Gasteiger partial charge on any atom is -0.338 e. The van der Waals surface area contributed by atoms with Crippen molar-refractivity contribution >= 4 is 5.91 Å². The standard InChI is InChI=1S/C12H24N2O/c1-5-10(2)14-9-7-6-8-13-12(3,4)11(14)15/h10,13H,5-9H2,1-4H3. The summed E-state index contributed by atoms with van der Waals surface area (Å²) in [5.74, 6) is 0.247. The molecule has 0 radical (unpaired) electrons. The van der Waals surface area contributed by atoms with Gasteiger partial charge in [0.1, 0.15) is 0 Å². The number of hydrogen-bond acceptors (Lipinski definition) is 2. The molecule has 3 heteroatoms. The first kappa shape index (κ1) is 12.5. The monoisotopic (exact) mass is 212 g/mol. The van der Waals surface area contributed by atoms with Crippen LogP contribution >= 0.6 is 0 Å². The third-order valence-corrected chi connectivity index (χ3v) is 3.31. The van der Waals surface area contributed by atoms with Crippen molar-refractivity contribution < 1.29 is 4.79 Å². The van der Waals surface area contributed by atoms with Crippen molar-refractivity contribution in [3.8, 4) is 0 Å². The number of nitrogens with one attached hydrogen (secondary N) is 1. The highest BCUT2D eigenvalue weighted by Gasteiger charge is 2.34. The predicted octanol–water partition coefficient (Wildman–Crippen LogP) is 1.78. The van der Waals surface area contributed by atoms with Gasteiger partial charge in [0.2, 0.25) is 5.91 Å². The summed E-state index contributed by atoms with van der Waals surface area (Å²) in [6, 6.07) is 0.358. The van der Waals surface area contributed by atoms with E-state index in [0.29, 0.717) is 6.04 Å². The molecule has 15 heavy (non-hydrogen) atoms. The molecule has 1 aliphatic heterocycles. The summed E-state index contributed by atoms with van der Waals surface area (Å²) in [6.07, 6.45) is 3.30. The minimum atomic E-state index is -0.399. The van der Waals surface area contributed by atoms with Crippen LogP contribution in [0.2, 0.25) is 0 Å². The topological polar surface area (TPSA) is 32.3 Å². The van der Waals surface area contributed by atoms with E-state index < -0.39 is 5.54 Å². The van der Waals surface area contributed by atoms with E-state index in [1.165, 1.54) is 0 Å². The van der Waals surface area contributed by atoms with Gasteiger partial charge in [-0.2, -0.15) is 0 Å². The predicted molar refractivity (Wildman–Crippen MR) is 62.8 cm³/mol. The summed E-state index contributed by atoms with van der Waals surface area (Å²) < 4.78 is 0. The van der Waals surface area contributed by atoms with Gasteiger partial charge in [-0.3, -0.25) is 4.79 Å². The Morgan fingerprint density at radius 3 is 2.73 bits per heavy atom. The Morgan fingerprint density at radius 1 is 1.47 bits per heavy atom. The highest BCUT2D eigenvalue weighted by atomic mass is 16.2. The van der Waals surface area contributed by atoms with E-state index >= 15 is 0 Å². The van der Waals surface area contributed by atoms with Gasteiger partial charge in [-0.25, -0.2) is 0 Å². The first-order valence-electron chi connectivity index (χ1n) is 6.05. The molecule has 1 fully saturated rings. The normalized spacial score (nSPS) is 24.5. The smallest absolute Gasteiger partial charge is 0.242 e. The second-order valence-corrected chi connectivity index (χ2v) is 5.01. The van der Waals surface area contributed by atoms with Crippen molar-refractivity contribution in [1.29, 1.82) is 0 Å². The highest BCUT2D eigenvalue weighted by molar-refractivity contribution is 5.85. The minimum absolute atomic E-state index is 0.247. The average Bonchev–Trinajstić information content (AvgIpc) is 2.19. The van der Waals surface area contributed by atoms with E-state index in [-0.39, 0.29) is 5.91 Å². The van der Waals surface area contributed by atoms with Crippen LogP contribution in [0.1, 0.15) is 47.0 Å². The lowest BCUT2D eigenvalue weighted by Crippen LogP contribution is -2.57. The zero-order chi connectivity index (χ0) is 11.5. The van der Waals surface area contributed by atoms with Crippen molar-refractivity contribution in [2.75, 3.05) is 13.1 Å². The van der Waals surface area contributed by atoms with Crippen LogP contribution in [0.25, 0.3) is 0 Å². The van der Waals surface area contributed by atoms with E-state index in [2.05, 4.69) is 19.2 Å². The largest absolute Gasteiger partial charge is 0.338 e. The van der Waals surface area contributed by atoms with Crippen molar-refractivity contribution in [1.82, 2.24) is 10.2 Å². The Bertz CT molecular complexity index is 226. The zero-order valence-electron chi connectivity index (χ0n) is 10.5. The van der Waals surface area contributed by atoms with E-state index in [1.807, 2.05) is 18.7 Å². The van der Waals surface area contributed by atoms with E-state index in [4.69, 9.17) is 0 Å². The number of carbonyl (C=O) groups excluding carboxylic acids is 1. The summed E-state index contributed by atoms with van der Waals surface area (Å²) in [4.78, 5) is 14.3. The van der Waals surface area contributed by atoms with E-state index in [1.54, 1.807) is 0 Å². The molecule has 1 rings (SSSR count). The number of nitrogens with zero attached hydrogens (tertiary/aromatic N) is 1. The second kappa shape index (κ2) is 4.97. The molecule has 0 saturated carbocycles. The summed E-state index contributed by atoms with van der Waals surface area (Å²) in [7, 11) is 0. The second-order valence-electron chi connectivity index (χ2n) is 5.01. The fourth-order valence-corrected chi connectivity index (χ4v) is 1.99. The molecule has 3 nitrogen and oxygen atoms in total. The van der Waals surface area contributed by atoms with Gasteiger partial charge in [0, 0.05) is 12.6 Å². The molecule has 1 atom stereocenters. The van der Waals surface area contributed by atoms with Crippen LogP contribution in [0.4, 0.5) is 0 Å². The van der Waals surface area contributed by atoms with Gasteiger partial charge in [0.15, 0.2) is 0 Å². The maximum atomic E-state index is 12.3. The molecule has 1 unspecified atom stereocenters. The van der Waals surface area contributed by atoms with Gasteiger partial charge in [-0.1, -0.05) is 6.92 Å². The Kier molecular flexibility index (Phi) is 4.14. The number of carbonyl (C=O) groups is 1. The van der Waals surface area contributed by atoms with E-state index in [0.717, 1.165) is 32.4 Å². The van der Waals surface area contributed by atoms with Crippen molar-refractivity contribution in [3.05, 3.63) is 0 Å². The maximum Gasteiger partial charge on any atom is 0.242 e. The average molecular weight is 212 g/mol. The lowest BCUT2D eigenvalue weighted by Gasteiger charge is -2.38. The van der Waals surface area contributed by atoms with Gasteiger partial charge in [0.05, 0.1) is 5.54 Å².